The molecule has 5 heteroatoms. The molecule has 0 aliphatic heterocycles. The van der Waals surface area contributed by atoms with Crippen LogP contribution in [0.3, 0.4) is 0 Å². The van der Waals surface area contributed by atoms with Gasteiger partial charge in [0.2, 0.25) is 0 Å². The summed E-state index contributed by atoms with van der Waals surface area (Å²) in [6, 6.07) is 4.44. The van der Waals surface area contributed by atoms with Crippen molar-refractivity contribution in [3.8, 4) is 0 Å². The minimum absolute atomic E-state index is 0.198. The van der Waals surface area contributed by atoms with Crippen LogP contribution in [0.15, 0.2) is 23.4 Å². The molecule has 1 unspecified atom stereocenters. The van der Waals surface area contributed by atoms with Crippen LogP contribution in [0, 0.1) is 11.8 Å². The third kappa shape index (κ3) is 2.09. The lowest BCUT2D eigenvalue weighted by atomic mass is 10.1. The van der Waals surface area contributed by atoms with E-state index in [2.05, 4.69) is 5.18 Å². The maximum absolute atomic E-state index is 10.7. The standard InChI is InChI=1S/C9H8ClNO3/c1-5-4-6(8(10)11-14)2-3-7(5)9(12)13/h2-4,8H,1H3,(H,12,13). The Balaban J connectivity index is 3.12. The Morgan fingerprint density at radius 1 is 1.57 bits per heavy atom. The molecular formula is C9H8ClNO3. The van der Waals surface area contributed by atoms with Crippen molar-refractivity contribution in [2.24, 2.45) is 5.18 Å². The second-order valence-electron chi connectivity index (χ2n) is 2.82. The van der Waals surface area contributed by atoms with Gasteiger partial charge in [0, 0.05) is 0 Å². The molecule has 0 fully saturated rings. The number of carboxylic acids is 1. The molecular weight excluding hydrogens is 206 g/mol. The molecule has 0 saturated carbocycles. The number of aryl methyl sites for hydroxylation is 1. The quantitative estimate of drug-likeness (QED) is 0.477. The number of rotatable bonds is 3. The summed E-state index contributed by atoms with van der Waals surface area (Å²) in [5.41, 5.74) is 0.300. The topological polar surface area (TPSA) is 66.7 Å². The van der Waals surface area contributed by atoms with Crippen LogP contribution in [0.5, 0.6) is 0 Å². The maximum atomic E-state index is 10.7. The zero-order valence-corrected chi connectivity index (χ0v) is 8.15. The van der Waals surface area contributed by atoms with E-state index in [4.69, 9.17) is 16.7 Å². The van der Waals surface area contributed by atoms with E-state index in [1.807, 2.05) is 0 Å². The normalized spacial score (nSPS) is 12.1. The van der Waals surface area contributed by atoms with E-state index in [0.717, 1.165) is 0 Å². The molecule has 0 saturated heterocycles. The second kappa shape index (κ2) is 4.19. The number of carbonyl (C=O) groups is 1. The van der Waals surface area contributed by atoms with Crippen LogP contribution >= 0.6 is 11.6 Å². The predicted octanol–water partition coefficient (Wildman–Crippen LogP) is 2.70. The van der Waals surface area contributed by atoms with Gasteiger partial charge in [0.05, 0.1) is 5.56 Å². The van der Waals surface area contributed by atoms with Gasteiger partial charge in [0.15, 0.2) is 5.50 Å². The maximum Gasteiger partial charge on any atom is 0.335 e. The van der Waals surface area contributed by atoms with Gasteiger partial charge in [-0.3, -0.25) is 0 Å². The lowest BCUT2D eigenvalue weighted by molar-refractivity contribution is 0.0696. The molecule has 4 nitrogen and oxygen atoms in total. The average molecular weight is 214 g/mol. The molecule has 0 aliphatic rings. The Morgan fingerprint density at radius 3 is 2.64 bits per heavy atom. The van der Waals surface area contributed by atoms with Crippen molar-refractivity contribution in [1.29, 1.82) is 0 Å². The first-order valence-corrected chi connectivity index (χ1v) is 4.30. The first kappa shape index (κ1) is 10.7. The van der Waals surface area contributed by atoms with Gasteiger partial charge < -0.3 is 5.11 Å². The smallest absolute Gasteiger partial charge is 0.335 e. The van der Waals surface area contributed by atoms with E-state index in [1.54, 1.807) is 13.0 Å². The van der Waals surface area contributed by atoms with Crippen LogP contribution in [0.2, 0.25) is 0 Å². The summed E-state index contributed by atoms with van der Waals surface area (Å²) in [5.74, 6) is -1.00. The van der Waals surface area contributed by atoms with Crippen molar-refractivity contribution in [2.75, 3.05) is 0 Å². The first-order chi connectivity index (χ1) is 6.56. The van der Waals surface area contributed by atoms with Crippen molar-refractivity contribution in [3.05, 3.63) is 39.8 Å². The van der Waals surface area contributed by atoms with E-state index in [9.17, 15) is 9.70 Å². The number of hydrogen-bond donors (Lipinski definition) is 1. The summed E-state index contributed by atoms with van der Waals surface area (Å²) < 4.78 is 0. The van der Waals surface area contributed by atoms with E-state index >= 15 is 0 Å². The highest BCUT2D eigenvalue weighted by atomic mass is 35.5. The number of benzene rings is 1. The summed E-state index contributed by atoms with van der Waals surface area (Å²) >= 11 is 5.57. The van der Waals surface area contributed by atoms with Gasteiger partial charge >= 0.3 is 5.97 Å². The van der Waals surface area contributed by atoms with Crippen molar-refractivity contribution in [1.82, 2.24) is 0 Å². The highest BCUT2D eigenvalue weighted by Crippen LogP contribution is 2.23. The fourth-order valence-electron chi connectivity index (χ4n) is 1.14. The lowest BCUT2D eigenvalue weighted by Crippen LogP contribution is -2.00. The Kier molecular flexibility index (Phi) is 3.19. The Labute approximate surface area is 85.5 Å². The van der Waals surface area contributed by atoms with Crippen LogP contribution in [0.25, 0.3) is 0 Å². The molecule has 0 heterocycles. The molecule has 74 valence electrons. The molecule has 0 aliphatic carbocycles. The molecule has 1 aromatic carbocycles. The summed E-state index contributed by atoms with van der Waals surface area (Å²) in [5, 5.41) is 11.4. The molecule has 1 aromatic rings. The van der Waals surface area contributed by atoms with Crippen molar-refractivity contribution < 1.29 is 9.90 Å². The van der Waals surface area contributed by atoms with Crippen LogP contribution in [-0.2, 0) is 0 Å². The van der Waals surface area contributed by atoms with Crippen molar-refractivity contribution in [2.45, 2.75) is 12.4 Å². The predicted molar refractivity (Wildman–Crippen MR) is 52.5 cm³/mol. The molecule has 0 amide bonds. The number of aromatic carboxylic acids is 1. The number of carboxylic acid groups (broad SMARTS) is 1. The highest BCUT2D eigenvalue weighted by Gasteiger charge is 2.11. The Bertz CT molecular complexity index is 378. The first-order valence-electron chi connectivity index (χ1n) is 3.86. The third-order valence-electron chi connectivity index (χ3n) is 1.85. The van der Waals surface area contributed by atoms with E-state index in [1.165, 1.54) is 12.1 Å². The van der Waals surface area contributed by atoms with Crippen LogP contribution < -0.4 is 0 Å². The van der Waals surface area contributed by atoms with Gasteiger partial charge in [-0.25, -0.2) is 4.79 Å². The number of nitroso groups, excluding NO2 is 1. The summed E-state index contributed by atoms with van der Waals surface area (Å²) in [6.07, 6.45) is 0. The van der Waals surface area contributed by atoms with E-state index < -0.39 is 11.5 Å². The third-order valence-corrected chi connectivity index (χ3v) is 2.18. The molecule has 0 aromatic heterocycles. The molecule has 0 radical (unpaired) electrons. The lowest BCUT2D eigenvalue weighted by Gasteiger charge is -2.04. The van der Waals surface area contributed by atoms with Gasteiger partial charge in [-0.1, -0.05) is 23.7 Å². The second-order valence-corrected chi connectivity index (χ2v) is 3.23. The molecule has 14 heavy (non-hydrogen) atoms. The van der Waals surface area contributed by atoms with Gasteiger partial charge in [-0.2, -0.15) is 0 Å². The van der Waals surface area contributed by atoms with E-state index in [-0.39, 0.29) is 5.56 Å². The summed E-state index contributed by atoms with van der Waals surface area (Å²) in [7, 11) is 0. The highest BCUT2D eigenvalue weighted by molar-refractivity contribution is 6.20. The number of alkyl halides is 1. The van der Waals surface area contributed by atoms with Gasteiger partial charge in [0.25, 0.3) is 0 Å². The van der Waals surface area contributed by atoms with Gasteiger partial charge in [-0.05, 0) is 29.3 Å². The molecule has 1 N–H and O–H groups in total. The summed E-state index contributed by atoms with van der Waals surface area (Å²) in [4.78, 5) is 20.8. The number of hydrogen-bond acceptors (Lipinski definition) is 3. The molecule has 0 bridgehead atoms. The van der Waals surface area contributed by atoms with Crippen molar-refractivity contribution >= 4 is 17.6 Å². The van der Waals surface area contributed by atoms with Gasteiger partial charge in [-0.15, -0.1) is 4.91 Å². The fourth-order valence-corrected chi connectivity index (χ4v) is 1.27. The minimum atomic E-state index is -1.00. The van der Waals surface area contributed by atoms with E-state index in [0.29, 0.717) is 11.1 Å². The van der Waals surface area contributed by atoms with Crippen LogP contribution in [0.1, 0.15) is 27.0 Å². The monoisotopic (exact) mass is 213 g/mol. The zero-order chi connectivity index (χ0) is 10.7. The average Bonchev–Trinajstić information content (AvgIpc) is 2.15. The number of nitrogens with zero attached hydrogens (tertiary/aromatic N) is 1. The molecule has 1 atom stereocenters. The Hall–Kier alpha value is -1.42. The molecule has 0 spiro atoms. The minimum Gasteiger partial charge on any atom is -0.478 e. The SMILES string of the molecule is Cc1cc(C(Cl)N=O)ccc1C(=O)O. The molecule has 1 rings (SSSR count). The zero-order valence-electron chi connectivity index (χ0n) is 7.40. The Morgan fingerprint density at radius 2 is 2.21 bits per heavy atom. The number of halogens is 1. The van der Waals surface area contributed by atoms with Crippen LogP contribution in [-0.4, -0.2) is 11.1 Å². The van der Waals surface area contributed by atoms with Crippen LogP contribution in [0.4, 0.5) is 0 Å². The fraction of sp³-hybridized carbons (Fsp3) is 0.222. The summed E-state index contributed by atoms with van der Waals surface area (Å²) in [6.45, 7) is 1.64. The van der Waals surface area contributed by atoms with Gasteiger partial charge in [0.1, 0.15) is 0 Å². The largest absolute Gasteiger partial charge is 0.478 e. The van der Waals surface area contributed by atoms with Crippen molar-refractivity contribution in [3.63, 3.8) is 0 Å².